The molecular weight excluding hydrogens is 414 g/mol. The van der Waals surface area contributed by atoms with Crippen LogP contribution in [0, 0.1) is 6.92 Å². The Balaban J connectivity index is 1.83. The Morgan fingerprint density at radius 3 is 2.39 bits per heavy atom. The summed E-state index contributed by atoms with van der Waals surface area (Å²) in [6.45, 7) is 16.1. The van der Waals surface area contributed by atoms with E-state index in [1.54, 1.807) is 0 Å². The number of carbonyl (C=O) groups excluding carboxylic acids is 1. The molecule has 0 aliphatic rings. The molecule has 8 heteroatoms. The molecule has 31 heavy (non-hydrogen) atoms. The third-order valence-electron chi connectivity index (χ3n) is 6.08. The summed E-state index contributed by atoms with van der Waals surface area (Å²) in [6, 6.07) is 7.62. The number of hydrogen-bond acceptors (Lipinski definition) is 4. The van der Waals surface area contributed by atoms with Crippen molar-refractivity contribution < 1.29 is 9.53 Å². The molecule has 0 saturated heterocycles. The fourth-order valence-corrected chi connectivity index (χ4v) is 3.84. The van der Waals surface area contributed by atoms with Crippen LogP contribution in [0.25, 0.3) is 5.65 Å². The zero-order valence-electron chi connectivity index (χ0n) is 19.6. The number of rotatable bonds is 6. The number of H-pyrrole nitrogens is 1. The van der Waals surface area contributed by atoms with Crippen molar-refractivity contribution >= 4 is 23.2 Å². The maximum absolute atomic E-state index is 12.7. The lowest BCUT2D eigenvalue weighted by atomic mass is 9.73. The summed E-state index contributed by atoms with van der Waals surface area (Å²) in [6.07, 6.45) is 0. The van der Waals surface area contributed by atoms with Crippen LogP contribution in [0.1, 0.15) is 65.5 Å². The first-order chi connectivity index (χ1) is 14.3. The molecule has 1 amide bonds. The van der Waals surface area contributed by atoms with Crippen molar-refractivity contribution in [1.82, 2.24) is 25.1 Å². The zero-order valence-corrected chi connectivity index (χ0v) is 20.3. The van der Waals surface area contributed by atoms with Crippen molar-refractivity contribution in [2.75, 3.05) is 6.61 Å². The summed E-state index contributed by atoms with van der Waals surface area (Å²) in [7, 11) is 0. The number of aryl methyl sites for hydroxylation is 1. The van der Waals surface area contributed by atoms with E-state index in [0.717, 1.165) is 11.3 Å². The highest BCUT2D eigenvalue weighted by Gasteiger charge is 2.44. The van der Waals surface area contributed by atoms with Crippen LogP contribution in [0.5, 0.6) is 5.75 Å². The number of nitrogens with zero attached hydrogens (tertiary/aromatic N) is 3. The number of aromatic amines is 1. The summed E-state index contributed by atoms with van der Waals surface area (Å²) in [5.41, 5.74) is 1.06. The minimum Gasteiger partial charge on any atom is -0.484 e. The van der Waals surface area contributed by atoms with Crippen LogP contribution in [0.15, 0.2) is 24.3 Å². The van der Waals surface area contributed by atoms with Gasteiger partial charge < -0.3 is 10.1 Å². The highest BCUT2D eigenvalue weighted by Crippen LogP contribution is 2.37. The molecule has 0 atom stereocenters. The Hall–Kier alpha value is -2.54. The van der Waals surface area contributed by atoms with Crippen molar-refractivity contribution in [1.29, 1.82) is 0 Å². The van der Waals surface area contributed by atoms with Gasteiger partial charge in [0.2, 0.25) is 0 Å². The lowest BCUT2D eigenvalue weighted by Crippen LogP contribution is -2.57. The van der Waals surface area contributed by atoms with Crippen LogP contribution < -0.4 is 10.1 Å². The molecule has 0 saturated carbocycles. The zero-order chi connectivity index (χ0) is 23.2. The van der Waals surface area contributed by atoms with E-state index >= 15 is 0 Å². The second kappa shape index (κ2) is 7.86. The molecule has 7 nitrogen and oxygen atoms in total. The molecule has 0 fully saturated rings. The van der Waals surface area contributed by atoms with Gasteiger partial charge in [0.05, 0.1) is 5.69 Å². The van der Waals surface area contributed by atoms with E-state index in [4.69, 9.17) is 16.3 Å². The molecule has 2 heterocycles. The predicted octanol–water partition coefficient (Wildman–Crippen LogP) is 4.57. The van der Waals surface area contributed by atoms with Crippen molar-refractivity contribution in [2.45, 2.75) is 71.8 Å². The van der Waals surface area contributed by atoms with Crippen LogP contribution in [0.2, 0.25) is 5.02 Å². The van der Waals surface area contributed by atoms with E-state index in [1.165, 1.54) is 0 Å². The van der Waals surface area contributed by atoms with Gasteiger partial charge in [0.25, 0.3) is 5.91 Å². The molecular formula is C23H32ClN5O2. The molecule has 2 N–H and O–H groups in total. The van der Waals surface area contributed by atoms with Gasteiger partial charge in [-0.3, -0.25) is 9.89 Å². The third-order valence-corrected chi connectivity index (χ3v) is 6.44. The van der Waals surface area contributed by atoms with Crippen LogP contribution in [-0.2, 0) is 15.6 Å². The number of benzene rings is 1. The Labute approximate surface area is 188 Å². The van der Waals surface area contributed by atoms with Crippen LogP contribution in [0.3, 0.4) is 0 Å². The van der Waals surface area contributed by atoms with Crippen molar-refractivity contribution in [3.63, 3.8) is 0 Å². The van der Waals surface area contributed by atoms with Gasteiger partial charge in [0, 0.05) is 16.4 Å². The number of fused-ring (bicyclic) bond motifs is 1. The number of aromatic nitrogens is 4. The second-order valence-corrected chi connectivity index (χ2v) is 10.5. The standard InChI is InChI=1S/C23H32ClN5O2/c1-14-11-9-10-12-15(14)31-13-16(30)25-23(7,8)22(5,6)20-27-26-19-17(24)18(21(2,3)4)28-29(19)20/h9-12,28H,13H2,1-8H3,(H,25,30). The molecule has 0 radical (unpaired) electrons. The van der Waals surface area contributed by atoms with E-state index in [0.29, 0.717) is 22.2 Å². The molecule has 0 unspecified atom stereocenters. The minimum atomic E-state index is -0.651. The van der Waals surface area contributed by atoms with Gasteiger partial charge in [-0.1, -0.05) is 64.4 Å². The molecule has 1 aromatic carbocycles. The largest absolute Gasteiger partial charge is 0.484 e. The first kappa shape index (κ1) is 23.1. The Morgan fingerprint density at radius 2 is 1.77 bits per heavy atom. The van der Waals surface area contributed by atoms with Gasteiger partial charge in [0.15, 0.2) is 18.1 Å². The summed E-state index contributed by atoms with van der Waals surface area (Å²) in [5.74, 6) is 1.18. The Morgan fingerprint density at radius 1 is 1.13 bits per heavy atom. The molecule has 168 valence electrons. The van der Waals surface area contributed by atoms with Crippen LogP contribution in [-0.4, -0.2) is 37.9 Å². The molecule has 2 aromatic heterocycles. The topological polar surface area (TPSA) is 84.3 Å². The fourth-order valence-electron chi connectivity index (χ4n) is 3.39. The monoisotopic (exact) mass is 445 g/mol. The van der Waals surface area contributed by atoms with Crippen molar-refractivity contribution in [2.24, 2.45) is 0 Å². The highest BCUT2D eigenvalue weighted by atomic mass is 35.5. The number of nitrogens with one attached hydrogen (secondary N) is 2. The predicted molar refractivity (Wildman–Crippen MR) is 123 cm³/mol. The number of hydrogen-bond donors (Lipinski definition) is 2. The quantitative estimate of drug-likeness (QED) is 0.582. The fraction of sp³-hybridized carbons (Fsp3) is 0.522. The lowest BCUT2D eigenvalue weighted by molar-refractivity contribution is -0.125. The number of para-hydroxylation sites is 1. The van der Waals surface area contributed by atoms with Gasteiger partial charge in [-0.05, 0) is 32.4 Å². The van der Waals surface area contributed by atoms with E-state index in [2.05, 4.69) is 41.4 Å². The lowest BCUT2D eigenvalue weighted by Gasteiger charge is -2.40. The molecule has 0 bridgehead atoms. The molecule has 0 aliphatic carbocycles. The Bertz CT molecular complexity index is 1110. The van der Waals surface area contributed by atoms with Crippen molar-refractivity contribution in [3.8, 4) is 5.75 Å². The van der Waals surface area contributed by atoms with Gasteiger partial charge in [0.1, 0.15) is 10.8 Å². The third kappa shape index (κ3) is 4.28. The van der Waals surface area contributed by atoms with Crippen LogP contribution >= 0.6 is 11.6 Å². The van der Waals surface area contributed by atoms with Gasteiger partial charge >= 0.3 is 0 Å². The molecule has 3 aromatic rings. The second-order valence-electron chi connectivity index (χ2n) is 10.1. The Kier molecular flexibility index (Phi) is 5.86. The minimum absolute atomic E-state index is 0.0674. The van der Waals surface area contributed by atoms with E-state index in [9.17, 15) is 4.79 Å². The number of amides is 1. The normalized spacial score (nSPS) is 12.9. The summed E-state index contributed by atoms with van der Waals surface area (Å²) in [5, 5.41) is 15.7. The van der Waals surface area contributed by atoms with E-state index < -0.39 is 11.0 Å². The summed E-state index contributed by atoms with van der Waals surface area (Å²) in [4.78, 5) is 12.7. The summed E-state index contributed by atoms with van der Waals surface area (Å²) >= 11 is 6.58. The SMILES string of the molecule is Cc1ccccc1OCC(=O)NC(C)(C)C(C)(C)c1nnc2c(Cl)c(C(C)(C)C)[nH]n12. The van der Waals surface area contributed by atoms with Gasteiger partial charge in [-0.25, -0.2) is 4.52 Å². The van der Waals surface area contributed by atoms with Crippen LogP contribution in [0.4, 0.5) is 0 Å². The average molecular weight is 446 g/mol. The number of carbonyl (C=O) groups is 1. The first-order valence-corrected chi connectivity index (χ1v) is 10.8. The number of ether oxygens (including phenoxy) is 1. The van der Waals surface area contributed by atoms with Crippen molar-refractivity contribution in [3.05, 3.63) is 46.4 Å². The maximum Gasteiger partial charge on any atom is 0.258 e. The molecule has 0 aliphatic heterocycles. The molecule has 3 rings (SSSR count). The molecule has 0 spiro atoms. The van der Waals surface area contributed by atoms with Gasteiger partial charge in [-0.2, -0.15) is 0 Å². The smallest absolute Gasteiger partial charge is 0.258 e. The highest BCUT2D eigenvalue weighted by molar-refractivity contribution is 6.34. The van der Waals surface area contributed by atoms with E-state index in [-0.39, 0.29) is 17.9 Å². The van der Waals surface area contributed by atoms with E-state index in [1.807, 2.05) is 63.4 Å². The number of halogens is 1. The first-order valence-electron chi connectivity index (χ1n) is 10.4. The summed E-state index contributed by atoms with van der Waals surface area (Å²) < 4.78 is 7.53. The van der Waals surface area contributed by atoms with Gasteiger partial charge in [-0.15, -0.1) is 10.2 Å². The maximum atomic E-state index is 12.7. The average Bonchev–Trinajstić information content (AvgIpc) is 3.21.